The summed E-state index contributed by atoms with van der Waals surface area (Å²) in [4.78, 5) is 11.0. The maximum atomic E-state index is 12.0. The van der Waals surface area contributed by atoms with Gasteiger partial charge >= 0.3 is 0 Å². The third-order valence-corrected chi connectivity index (χ3v) is 6.67. The van der Waals surface area contributed by atoms with Gasteiger partial charge in [0.15, 0.2) is 9.84 Å². The lowest BCUT2D eigenvalue weighted by molar-refractivity contribution is 0.602. The van der Waals surface area contributed by atoms with Crippen LogP contribution in [0.1, 0.15) is 22.5 Å². The van der Waals surface area contributed by atoms with Gasteiger partial charge in [-0.05, 0) is 50.6 Å². The summed E-state index contributed by atoms with van der Waals surface area (Å²) < 4.78 is 26.1. The lowest BCUT2D eigenvalue weighted by atomic mass is 10.1. The van der Waals surface area contributed by atoms with E-state index in [9.17, 15) is 8.42 Å². The monoisotopic (exact) mass is 435 g/mol. The molecule has 0 saturated heterocycles. The zero-order chi connectivity index (χ0) is 22.3. The van der Waals surface area contributed by atoms with E-state index in [-0.39, 0.29) is 4.90 Å². The van der Waals surface area contributed by atoms with Crippen molar-refractivity contribution in [2.75, 3.05) is 18.2 Å². The van der Waals surface area contributed by atoms with Crippen molar-refractivity contribution in [2.24, 2.45) is 0 Å². The van der Waals surface area contributed by atoms with E-state index in [1.807, 2.05) is 35.7 Å². The summed E-state index contributed by atoms with van der Waals surface area (Å²) in [5, 5.41) is 5.48. The minimum atomic E-state index is -3.33. The van der Waals surface area contributed by atoms with Gasteiger partial charge in [0, 0.05) is 36.5 Å². The third-order valence-electron chi connectivity index (χ3n) is 5.56. The van der Waals surface area contributed by atoms with E-state index in [2.05, 4.69) is 35.9 Å². The molecule has 0 unspecified atom stereocenters. The third kappa shape index (κ3) is 3.90. The van der Waals surface area contributed by atoms with Gasteiger partial charge in [-0.3, -0.25) is 0 Å². The normalized spacial score (nSPS) is 11.8. The second-order valence-electron chi connectivity index (χ2n) is 7.85. The van der Waals surface area contributed by atoms with E-state index in [1.165, 1.54) is 12.6 Å². The van der Waals surface area contributed by atoms with Gasteiger partial charge in [-0.1, -0.05) is 18.2 Å². The molecule has 0 spiro atoms. The number of para-hydroxylation sites is 1. The fourth-order valence-electron chi connectivity index (χ4n) is 3.81. The van der Waals surface area contributed by atoms with Crippen LogP contribution in [0.25, 0.3) is 16.6 Å². The maximum Gasteiger partial charge on any atom is 0.175 e. The molecule has 4 rings (SSSR count). The van der Waals surface area contributed by atoms with Crippen molar-refractivity contribution in [1.29, 1.82) is 0 Å². The first kappa shape index (κ1) is 21.0. The number of anilines is 1. The Morgan fingerprint density at radius 1 is 1.03 bits per heavy atom. The lowest BCUT2D eigenvalue weighted by Crippen LogP contribution is -2.19. The first-order valence-electron chi connectivity index (χ1n) is 9.94. The molecule has 0 aliphatic heterocycles. The van der Waals surface area contributed by atoms with E-state index < -0.39 is 9.84 Å². The molecule has 0 fully saturated rings. The Bertz CT molecular complexity index is 1390. The molecular formula is C23H25N5O2S. The minimum Gasteiger partial charge on any atom is -0.355 e. The van der Waals surface area contributed by atoms with Crippen LogP contribution in [-0.2, 0) is 16.4 Å². The Labute approximate surface area is 182 Å². The molecule has 7 nitrogen and oxygen atoms in total. The maximum absolute atomic E-state index is 12.0. The predicted molar refractivity (Wildman–Crippen MR) is 123 cm³/mol. The molecule has 31 heavy (non-hydrogen) atoms. The van der Waals surface area contributed by atoms with Gasteiger partial charge in [0.2, 0.25) is 0 Å². The number of hydrogen-bond donors (Lipinski definition) is 0. The highest BCUT2D eigenvalue weighted by atomic mass is 32.2. The van der Waals surface area contributed by atoms with Crippen molar-refractivity contribution in [3.8, 4) is 5.69 Å². The molecular weight excluding hydrogens is 410 g/mol. The minimum absolute atomic E-state index is 0.254. The summed E-state index contributed by atoms with van der Waals surface area (Å²) in [6, 6.07) is 13.1. The Kier molecular flexibility index (Phi) is 5.26. The molecule has 0 amide bonds. The number of hydrogen-bond acceptors (Lipinski definition) is 6. The molecule has 0 bridgehead atoms. The van der Waals surface area contributed by atoms with E-state index in [4.69, 9.17) is 5.10 Å². The molecule has 2 heterocycles. The van der Waals surface area contributed by atoms with Crippen molar-refractivity contribution in [1.82, 2.24) is 19.7 Å². The summed E-state index contributed by atoms with van der Waals surface area (Å²) in [6.07, 6.45) is 2.71. The lowest BCUT2D eigenvalue weighted by Gasteiger charge is -2.20. The standard InChI is InChI=1S/C23H25N5O2S/c1-15-8-6-7-9-22(15)28-17(3)20(16(2)26-28)13-27(4)23-19-12-18(31(5,29)30)10-11-21(19)24-14-25-23/h6-12,14H,13H2,1-5H3. The molecule has 0 saturated carbocycles. The quantitative estimate of drug-likeness (QED) is 0.475. The Morgan fingerprint density at radius 2 is 1.77 bits per heavy atom. The number of nitrogens with zero attached hydrogens (tertiary/aromatic N) is 5. The van der Waals surface area contributed by atoms with Crippen LogP contribution < -0.4 is 4.90 Å². The fourth-order valence-corrected chi connectivity index (χ4v) is 4.46. The van der Waals surface area contributed by atoms with Crippen molar-refractivity contribution < 1.29 is 8.42 Å². The zero-order valence-electron chi connectivity index (χ0n) is 18.3. The fraction of sp³-hybridized carbons (Fsp3) is 0.261. The molecule has 2 aromatic carbocycles. The van der Waals surface area contributed by atoms with Gasteiger partial charge in [0.25, 0.3) is 0 Å². The van der Waals surface area contributed by atoms with Gasteiger partial charge in [-0.2, -0.15) is 5.10 Å². The average Bonchev–Trinajstić information content (AvgIpc) is 3.00. The van der Waals surface area contributed by atoms with Crippen LogP contribution in [0.2, 0.25) is 0 Å². The van der Waals surface area contributed by atoms with E-state index in [1.54, 1.807) is 18.2 Å². The highest BCUT2D eigenvalue weighted by molar-refractivity contribution is 7.90. The topological polar surface area (TPSA) is 81.0 Å². The van der Waals surface area contributed by atoms with Crippen molar-refractivity contribution >= 4 is 26.6 Å². The molecule has 160 valence electrons. The van der Waals surface area contributed by atoms with Crippen LogP contribution in [0.5, 0.6) is 0 Å². The Morgan fingerprint density at radius 3 is 2.48 bits per heavy atom. The van der Waals surface area contributed by atoms with Crippen LogP contribution in [0, 0.1) is 20.8 Å². The highest BCUT2D eigenvalue weighted by Crippen LogP contribution is 2.28. The first-order chi connectivity index (χ1) is 14.7. The Balaban J connectivity index is 1.75. The van der Waals surface area contributed by atoms with Gasteiger partial charge in [-0.15, -0.1) is 0 Å². The number of aromatic nitrogens is 4. The SMILES string of the molecule is Cc1ccccc1-n1nc(C)c(CN(C)c2ncnc3ccc(S(C)(=O)=O)cc23)c1C. The summed E-state index contributed by atoms with van der Waals surface area (Å²) in [7, 11) is -1.38. The van der Waals surface area contributed by atoms with E-state index >= 15 is 0 Å². The van der Waals surface area contributed by atoms with Crippen molar-refractivity contribution in [2.45, 2.75) is 32.2 Å². The second kappa shape index (κ2) is 7.77. The Hall–Kier alpha value is -3.26. The average molecular weight is 436 g/mol. The summed E-state index contributed by atoms with van der Waals surface area (Å²) in [5.74, 6) is 0.679. The van der Waals surface area contributed by atoms with Crippen molar-refractivity contribution in [3.63, 3.8) is 0 Å². The molecule has 2 aromatic heterocycles. The molecule has 0 N–H and O–H groups in total. The second-order valence-corrected chi connectivity index (χ2v) is 9.87. The zero-order valence-corrected chi connectivity index (χ0v) is 19.1. The van der Waals surface area contributed by atoms with Crippen LogP contribution in [0.4, 0.5) is 5.82 Å². The summed E-state index contributed by atoms with van der Waals surface area (Å²) in [5.41, 5.74) is 6.03. The van der Waals surface area contributed by atoms with Gasteiger partial charge in [-0.25, -0.2) is 23.1 Å². The number of aryl methyl sites for hydroxylation is 2. The number of sulfone groups is 1. The highest BCUT2D eigenvalue weighted by Gasteiger charge is 2.18. The smallest absolute Gasteiger partial charge is 0.175 e. The van der Waals surface area contributed by atoms with Gasteiger partial charge in [0.1, 0.15) is 12.1 Å². The largest absolute Gasteiger partial charge is 0.355 e. The van der Waals surface area contributed by atoms with Crippen LogP contribution >= 0.6 is 0 Å². The van der Waals surface area contributed by atoms with Crippen LogP contribution in [0.15, 0.2) is 53.7 Å². The van der Waals surface area contributed by atoms with Crippen molar-refractivity contribution in [3.05, 3.63) is 71.3 Å². The number of rotatable bonds is 5. The van der Waals surface area contributed by atoms with Gasteiger partial charge in [0.05, 0.1) is 21.8 Å². The molecule has 0 aliphatic rings. The molecule has 8 heteroatoms. The van der Waals surface area contributed by atoms with E-state index in [0.717, 1.165) is 28.2 Å². The number of fused-ring (bicyclic) bond motifs is 1. The summed E-state index contributed by atoms with van der Waals surface area (Å²) >= 11 is 0. The molecule has 4 aromatic rings. The first-order valence-corrected chi connectivity index (χ1v) is 11.8. The molecule has 0 radical (unpaired) electrons. The van der Waals surface area contributed by atoms with E-state index in [0.29, 0.717) is 23.3 Å². The van der Waals surface area contributed by atoms with Crippen LogP contribution in [0.3, 0.4) is 0 Å². The summed E-state index contributed by atoms with van der Waals surface area (Å²) in [6.45, 7) is 6.73. The molecule has 0 atom stereocenters. The number of benzene rings is 2. The van der Waals surface area contributed by atoms with Crippen LogP contribution in [-0.4, -0.2) is 41.5 Å². The predicted octanol–water partition coefficient (Wildman–Crippen LogP) is 3.78. The molecule has 0 aliphatic carbocycles. The van der Waals surface area contributed by atoms with Gasteiger partial charge < -0.3 is 4.90 Å².